The molecule has 0 spiro atoms. The molecule has 26 heavy (non-hydrogen) atoms. The molecule has 3 rings (SSSR count). The summed E-state index contributed by atoms with van der Waals surface area (Å²) >= 11 is 0. The first-order valence-electron chi connectivity index (χ1n) is 9.48. The van der Waals surface area contributed by atoms with E-state index in [4.69, 9.17) is 0 Å². The summed E-state index contributed by atoms with van der Waals surface area (Å²) in [6.07, 6.45) is 5.70. The predicted octanol–water partition coefficient (Wildman–Crippen LogP) is 2.87. The first kappa shape index (κ1) is 18.6. The Morgan fingerprint density at radius 1 is 1.23 bits per heavy atom. The van der Waals surface area contributed by atoms with Gasteiger partial charge in [0.25, 0.3) is 0 Å². The quantitative estimate of drug-likeness (QED) is 0.896. The number of nitrogens with zero attached hydrogens (tertiary/aromatic N) is 4. The van der Waals surface area contributed by atoms with Crippen LogP contribution in [0.1, 0.15) is 50.9 Å². The van der Waals surface area contributed by atoms with Crippen LogP contribution >= 0.6 is 0 Å². The first-order chi connectivity index (χ1) is 12.5. The van der Waals surface area contributed by atoms with Crippen molar-refractivity contribution in [3.63, 3.8) is 0 Å². The minimum Gasteiger partial charge on any atom is -0.342 e. The molecule has 1 atom stereocenters. The number of carbonyl (C=O) groups excluding carboxylic acids is 1. The van der Waals surface area contributed by atoms with Crippen molar-refractivity contribution in [1.29, 1.82) is 0 Å². The summed E-state index contributed by atoms with van der Waals surface area (Å²) in [5, 5.41) is 8.23. The van der Waals surface area contributed by atoms with Crippen LogP contribution in [0.4, 0.5) is 0 Å². The zero-order valence-electron chi connectivity index (χ0n) is 16.1. The molecule has 1 aliphatic heterocycles. The van der Waals surface area contributed by atoms with Crippen LogP contribution in [0.2, 0.25) is 0 Å². The molecule has 1 saturated heterocycles. The fourth-order valence-electron chi connectivity index (χ4n) is 3.63. The van der Waals surface area contributed by atoms with E-state index in [1.54, 1.807) is 6.20 Å². The van der Waals surface area contributed by atoms with Crippen LogP contribution < -0.4 is 5.32 Å². The van der Waals surface area contributed by atoms with Gasteiger partial charge in [-0.15, -0.1) is 0 Å². The van der Waals surface area contributed by atoms with E-state index in [2.05, 4.69) is 29.2 Å². The van der Waals surface area contributed by atoms with Crippen molar-refractivity contribution in [1.82, 2.24) is 25.0 Å². The number of nitrogens with one attached hydrogen (secondary N) is 1. The fourth-order valence-corrected chi connectivity index (χ4v) is 3.63. The van der Waals surface area contributed by atoms with Gasteiger partial charge in [-0.05, 0) is 38.8 Å². The smallest absolute Gasteiger partial charge is 0.225 e. The highest BCUT2D eigenvalue weighted by molar-refractivity contribution is 5.78. The SMILES string of the molecule is Cc1c(C(C)NC2CCN(C(=O)C(C)C)CC2)cnn1-c1ccccn1. The van der Waals surface area contributed by atoms with Gasteiger partial charge in [0, 0.05) is 48.5 Å². The topological polar surface area (TPSA) is 63.1 Å². The van der Waals surface area contributed by atoms with Crippen LogP contribution in [0.3, 0.4) is 0 Å². The Hall–Kier alpha value is -2.21. The van der Waals surface area contributed by atoms with Crippen LogP contribution in [0, 0.1) is 12.8 Å². The van der Waals surface area contributed by atoms with Crippen molar-refractivity contribution in [3.8, 4) is 5.82 Å². The Labute approximate surface area is 155 Å². The Morgan fingerprint density at radius 3 is 2.58 bits per heavy atom. The number of rotatable bonds is 5. The zero-order chi connectivity index (χ0) is 18.7. The second kappa shape index (κ2) is 7.99. The molecule has 1 amide bonds. The second-order valence-electron chi connectivity index (χ2n) is 7.43. The largest absolute Gasteiger partial charge is 0.342 e. The lowest BCUT2D eigenvalue weighted by Crippen LogP contribution is -2.46. The first-order valence-corrected chi connectivity index (χ1v) is 9.48. The summed E-state index contributed by atoms with van der Waals surface area (Å²) in [5.41, 5.74) is 2.30. The lowest BCUT2D eigenvalue weighted by atomic mass is 10.0. The van der Waals surface area contributed by atoms with Crippen LogP contribution in [0.25, 0.3) is 5.82 Å². The van der Waals surface area contributed by atoms with Crippen LogP contribution in [0.5, 0.6) is 0 Å². The molecule has 0 saturated carbocycles. The maximum Gasteiger partial charge on any atom is 0.225 e. The van der Waals surface area contributed by atoms with E-state index in [-0.39, 0.29) is 17.9 Å². The van der Waals surface area contributed by atoms with E-state index in [9.17, 15) is 4.79 Å². The normalized spacial score (nSPS) is 16.9. The summed E-state index contributed by atoms with van der Waals surface area (Å²) in [5.74, 6) is 1.19. The Kier molecular flexibility index (Phi) is 5.71. The lowest BCUT2D eigenvalue weighted by Gasteiger charge is -2.34. The van der Waals surface area contributed by atoms with Gasteiger partial charge in [-0.2, -0.15) is 5.10 Å². The Bertz CT molecular complexity index is 732. The highest BCUT2D eigenvalue weighted by atomic mass is 16.2. The standard InChI is InChI=1S/C20H29N5O/c1-14(2)20(26)24-11-8-17(9-12-24)23-15(3)18-13-22-25(16(18)4)19-7-5-6-10-21-19/h5-7,10,13-15,17,23H,8-9,11-12H2,1-4H3. The third kappa shape index (κ3) is 3.96. The summed E-state index contributed by atoms with van der Waals surface area (Å²) in [6, 6.07) is 6.48. The van der Waals surface area contributed by atoms with Crippen LogP contribution in [0.15, 0.2) is 30.6 Å². The van der Waals surface area contributed by atoms with Crippen LogP contribution in [-0.2, 0) is 4.79 Å². The summed E-state index contributed by atoms with van der Waals surface area (Å²) in [4.78, 5) is 18.5. The molecule has 6 heteroatoms. The third-order valence-electron chi connectivity index (χ3n) is 5.17. The van der Waals surface area contributed by atoms with Gasteiger partial charge in [0.05, 0.1) is 6.20 Å². The molecule has 0 bridgehead atoms. The molecule has 0 aliphatic carbocycles. The summed E-state index contributed by atoms with van der Waals surface area (Å²) in [6.45, 7) is 9.88. The molecule has 0 aromatic carbocycles. The molecule has 2 aromatic rings. The summed E-state index contributed by atoms with van der Waals surface area (Å²) in [7, 11) is 0. The van der Waals surface area contributed by atoms with Crippen molar-refractivity contribution < 1.29 is 4.79 Å². The minimum absolute atomic E-state index is 0.0820. The van der Waals surface area contributed by atoms with Gasteiger partial charge in [-0.3, -0.25) is 4.79 Å². The van der Waals surface area contributed by atoms with Crippen molar-refractivity contribution in [2.45, 2.75) is 52.6 Å². The average molecular weight is 355 g/mol. The van der Waals surface area contributed by atoms with Gasteiger partial charge < -0.3 is 10.2 Å². The molecule has 0 radical (unpaired) electrons. The van der Waals surface area contributed by atoms with E-state index in [0.29, 0.717) is 6.04 Å². The molecular formula is C20H29N5O. The summed E-state index contributed by atoms with van der Waals surface area (Å²) < 4.78 is 1.89. The van der Waals surface area contributed by atoms with Crippen molar-refractivity contribution in [2.24, 2.45) is 5.92 Å². The molecule has 1 fully saturated rings. The van der Waals surface area contributed by atoms with E-state index in [1.807, 2.05) is 47.8 Å². The van der Waals surface area contributed by atoms with Crippen molar-refractivity contribution in [3.05, 3.63) is 41.9 Å². The van der Waals surface area contributed by atoms with E-state index in [0.717, 1.165) is 37.4 Å². The number of piperidine rings is 1. The maximum atomic E-state index is 12.1. The molecule has 1 unspecified atom stereocenters. The molecular weight excluding hydrogens is 326 g/mol. The highest BCUT2D eigenvalue weighted by Gasteiger charge is 2.26. The molecule has 140 valence electrons. The molecule has 1 aliphatic rings. The van der Waals surface area contributed by atoms with Gasteiger partial charge in [0.1, 0.15) is 0 Å². The number of carbonyl (C=O) groups is 1. The fraction of sp³-hybridized carbons (Fsp3) is 0.550. The number of amides is 1. The minimum atomic E-state index is 0.0820. The van der Waals surface area contributed by atoms with E-state index in [1.165, 1.54) is 5.56 Å². The van der Waals surface area contributed by atoms with E-state index >= 15 is 0 Å². The lowest BCUT2D eigenvalue weighted by molar-refractivity contribution is -0.135. The maximum absolute atomic E-state index is 12.1. The number of likely N-dealkylation sites (tertiary alicyclic amines) is 1. The van der Waals surface area contributed by atoms with Crippen molar-refractivity contribution >= 4 is 5.91 Å². The van der Waals surface area contributed by atoms with Gasteiger partial charge in [-0.25, -0.2) is 9.67 Å². The van der Waals surface area contributed by atoms with Crippen molar-refractivity contribution in [2.75, 3.05) is 13.1 Å². The third-order valence-corrected chi connectivity index (χ3v) is 5.17. The number of hydrogen-bond donors (Lipinski definition) is 1. The highest BCUT2D eigenvalue weighted by Crippen LogP contribution is 2.22. The van der Waals surface area contributed by atoms with Gasteiger partial charge in [0.15, 0.2) is 5.82 Å². The van der Waals surface area contributed by atoms with Crippen LogP contribution in [-0.4, -0.2) is 44.7 Å². The number of hydrogen-bond acceptors (Lipinski definition) is 4. The number of pyridine rings is 1. The molecule has 3 heterocycles. The average Bonchev–Trinajstić information content (AvgIpc) is 3.04. The van der Waals surface area contributed by atoms with E-state index < -0.39 is 0 Å². The molecule has 6 nitrogen and oxygen atoms in total. The second-order valence-corrected chi connectivity index (χ2v) is 7.43. The number of aromatic nitrogens is 3. The monoisotopic (exact) mass is 355 g/mol. The van der Waals surface area contributed by atoms with Gasteiger partial charge >= 0.3 is 0 Å². The molecule has 2 aromatic heterocycles. The van der Waals surface area contributed by atoms with Gasteiger partial charge in [-0.1, -0.05) is 19.9 Å². The predicted molar refractivity (Wildman–Crippen MR) is 102 cm³/mol. The van der Waals surface area contributed by atoms with Gasteiger partial charge in [0.2, 0.25) is 5.91 Å². The molecule has 1 N–H and O–H groups in total. The Morgan fingerprint density at radius 2 is 1.96 bits per heavy atom. The zero-order valence-corrected chi connectivity index (χ0v) is 16.1. The Balaban J connectivity index is 1.61.